The van der Waals surface area contributed by atoms with Crippen LogP contribution in [-0.4, -0.2) is 42.5 Å². The predicted octanol–water partition coefficient (Wildman–Crippen LogP) is 3.29. The number of imidazole rings is 1. The third-order valence-corrected chi connectivity index (χ3v) is 4.48. The first-order chi connectivity index (χ1) is 14.1. The molecule has 11 heteroatoms. The lowest BCUT2D eigenvalue weighted by Gasteiger charge is -2.15. The summed E-state index contributed by atoms with van der Waals surface area (Å²) in [6.45, 7) is 0.992. The molecule has 0 spiro atoms. The van der Waals surface area contributed by atoms with Gasteiger partial charge in [0.2, 0.25) is 6.79 Å². The Morgan fingerprint density at radius 1 is 1.27 bits per heavy atom. The molecule has 0 fully saturated rings. The first kappa shape index (κ1) is 24.0. The number of benzene rings is 1. The van der Waals surface area contributed by atoms with Crippen molar-refractivity contribution in [1.82, 2.24) is 20.2 Å². The van der Waals surface area contributed by atoms with E-state index in [0.717, 1.165) is 31.8 Å². The average molecular weight is 537 g/mol. The van der Waals surface area contributed by atoms with Crippen LogP contribution in [-0.2, 0) is 13.1 Å². The maximum Gasteiger partial charge on any atom is 0.387 e. The number of unbranched alkanes of at least 4 members (excludes halogenated alkanes) is 1. The summed E-state index contributed by atoms with van der Waals surface area (Å²) in [5.41, 5.74) is 0.521. The van der Waals surface area contributed by atoms with Gasteiger partial charge in [-0.1, -0.05) is 0 Å². The van der Waals surface area contributed by atoms with Crippen molar-refractivity contribution >= 4 is 29.9 Å². The molecule has 30 heavy (non-hydrogen) atoms. The largest absolute Gasteiger partial charge is 0.454 e. The smallest absolute Gasteiger partial charge is 0.387 e. The van der Waals surface area contributed by atoms with Gasteiger partial charge in [0.15, 0.2) is 17.5 Å². The molecule has 0 atom stereocenters. The van der Waals surface area contributed by atoms with Crippen molar-refractivity contribution in [2.75, 3.05) is 20.4 Å². The van der Waals surface area contributed by atoms with E-state index in [-0.39, 0.29) is 43.1 Å². The molecule has 2 N–H and O–H groups in total. The maximum absolute atomic E-state index is 12.7. The van der Waals surface area contributed by atoms with Gasteiger partial charge in [-0.2, -0.15) is 8.78 Å². The van der Waals surface area contributed by atoms with Crippen molar-refractivity contribution < 1.29 is 23.0 Å². The number of hydrogen-bond donors (Lipinski definition) is 2. The van der Waals surface area contributed by atoms with Crippen molar-refractivity contribution in [2.24, 2.45) is 4.99 Å². The molecule has 1 aromatic heterocycles. The van der Waals surface area contributed by atoms with E-state index in [0.29, 0.717) is 23.0 Å². The van der Waals surface area contributed by atoms with Crippen LogP contribution in [0.1, 0.15) is 24.2 Å². The number of halogens is 3. The maximum atomic E-state index is 12.7. The van der Waals surface area contributed by atoms with Gasteiger partial charge in [-0.3, -0.25) is 4.99 Å². The van der Waals surface area contributed by atoms with Crippen molar-refractivity contribution in [3.05, 3.63) is 35.9 Å². The van der Waals surface area contributed by atoms with Gasteiger partial charge in [-0.05, 0) is 25.8 Å². The van der Waals surface area contributed by atoms with Gasteiger partial charge in [-0.15, -0.1) is 24.0 Å². The Labute approximate surface area is 191 Å². The first-order valence-electron chi connectivity index (χ1n) is 9.36. The molecule has 8 nitrogen and oxygen atoms in total. The average Bonchev–Trinajstić information content (AvgIpc) is 3.31. The lowest BCUT2D eigenvalue weighted by Crippen LogP contribution is -2.37. The second-order valence-corrected chi connectivity index (χ2v) is 6.42. The zero-order valence-corrected chi connectivity index (χ0v) is 19.2. The summed E-state index contributed by atoms with van der Waals surface area (Å²) < 4.78 is 42.7. The molecule has 0 saturated carbocycles. The molecule has 0 unspecified atom stereocenters. The minimum atomic E-state index is -2.93. The van der Waals surface area contributed by atoms with E-state index in [1.54, 1.807) is 19.3 Å². The molecule has 1 aromatic carbocycles. The van der Waals surface area contributed by atoms with Crippen molar-refractivity contribution in [1.29, 1.82) is 0 Å². The van der Waals surface area contributed by atoms with E-state index in [1.165, 1.54) is 6.07 Å². The molecule has 166 valence electrons. The molecule has 0 radical (unpaired) electrons. The van der Waals surface area contributed by atoms with Crippen LogP contribution in [0.5, 0.6) is 17.2 Å². The SMILES string of the molecule is CN=C(NCCCCn1ccnc1C)NCc1cc2c(cc1OC(F)F)OCO2.I. The third-order valence-electron chi connectivity index (χ3n) is 4.48. The fraction of sp³-hybridized carbons (Fsp3) is 0.474. The summed E-state index contributed by atoms with van der Waals surface area (Å²) in [5, 5.41) is 6.32. The normalized spacial score (nSPS) is 12.6. The van der Waals surface area contributed by atoms with Gasteiger partial charge >= 0.3 is 6.61 Å². The highest BCUT2D eigenvalue weighted by molar-refractivity contribution is 14.0. The topological polar surface area (TPSA) is 81.9 Å². The molecule has 1 aliphatic heterocycles. The van der Waals surface area contributed by atoms with Crippen LogP contribution in [0.3, 0.4) is 0 Å². The van der Waals surface area contributed by atoms with E-state index < -0.39 is 6.61 Å². The minimum Gasteiger partial charge on any atom is -0.454 e. The Bertz CT molecular complexity index is 848. The molecule has 0 bridgehead atoms. The van der Waals surface area contributed by atoms with Crippen LogP contribution in [0.2, 0.25) is 0 Å². The van der Waals surface area contributed by atoms with Crippen LogP contribution in [0.25, 0.3) is 0 Å². The highest BCUT2D eigenvalue weighted by Gasteiger charge is 2.20. The van der Waals surface area contributed by atoms with Crippen LogP contribution >= 0.6 is 24.0 Å². The number of guanidine groups is 1. The zero-order chi connectivity index (χ0) is 20.6. The van der Waals surface area contributed by atoms with E-state index in [2.05, 4.69) is 29.9 Å². The number of aliphatic imine (C=N–C) groups is 1. The quantitative estimate of drug-likeness (QED) is 0.221. The minimum absolute atomic E-state index is 0. The van der Waals surface area contributed by atoms with Gasteiger partial charge < -0.3 is 29.4 Å². The van der Waals surface area contributed by atoms with Gasteiger partial charge in [-0.25, -0.2) is 4.98 Å². The summed E-state index contributed by atoms with van der Waals surface area (Å²) in [6.07, 6.45) is 5.70. The fourth-order valence-electron chi connectivity index (χ4n) is 2.96. The molecule has 0 saturated heterocycles. The monoisotopic (exact) mass is 537 g/mol. The highest BCUT2D eigenvalue weighted by atomic mass is 127. The first-order valence-corrected chi connectivity index (χ1v) is 9.36. The van der Waals surface area contributed by atoms with Gasteiger partial charge in [0.05, 0.1) is 0 Å². The van der Waals surface area contributed by atoms with Crippen molar-refractivity contribution in [3.63, 3.8) is 0 Å². The summed E-state index contributed by atoms with van der Waals surface area (Å²) in [7, 11) is 1.65. The molecule has 0 amide bonds. The Kier molecular flexibility index (Phi) is 9.40. The number of nitrogens with one attached hydrogen (secondary N) is 2. The molecule has 2 aromatic rings. The number of alkyl halides is 2. The molecule has 1 aliphatic rings. The van der Waals surface area contributed by atoms with E-state index >= 15 is 0 Å². The number of ether oxygens (including phenoxy) is 3. The second kappa shape index (κ2) is 11.8. The summed E-state index contributed by atoms with van der Waals surface area (Å²) in [5.74, 6) is 2.51. The van der Waals surface area contributed by atoms with Crippen molar-refractivity contribution in [2.45, 2.75) is 39.5 Å². The molecular formula is C19H26F2IN5O3. The second-order valence-electron chi connectivity index (χ2n) is 6.42. The Balaban J connectivity index is 0.00000320. The number of hydrogen-bond acceptors (Lipinski definition) is 5. The lowest BCUT2D eigenvalue weighted by atomic mass is 10.1. The van der Waals surface area contributed by atoms with Crippen LogP contribution < -0.4 is 24.8 Å². The molecule has 2 heterocycles. The number of aromatic nitrogens is 2. The summed E-state index contributed by atoms with van der Waals surface area (Å²) >= 11 is 0. The summed E-state index contributed by atoms with van der Waals surface area (Å²) in [6, 6.07) is 3.05. The van der Waals surface area contributed by atoms with Gasteiger partial charge in [0, 0.05) is 50.7 Å². The van der Waals surface area contributed by atoms with Gasteiger partial charge in [0.25, 0.3) is 0 Å². The molecular weight excluding hydrogens is 511 g/mol. The van der Waals surface area contributed by atoms with Gasteiger partial charge in [0.1, 0.15) is 11.6 Å². The number of aryl methyl sites for hydroxylation is 2. The van der Waals surface area contributed by atoms with Crippen LogP contribution in [0.15, 0.2) is 29.5 Å². The number of fused-ring (bicyclic) bond motifs is 1. The Morgan fingerprint density at radius 2 is 2.03 bits per heavy atom. The highest BCUT2D eigenvalue weighted by Crippen LogP contribution is 2.38. The fourth-order valence-corrected chi connectivity index (χ4v) is 2.96. The summed E-state index contributed by atoms with van der Waals surface area (Å²) in [4.78, 5) is 8.36. The van der Waals surface area contributed by atoms with Crippen LogP contribution in [0, 0.1) is 6.92 Å². The van der Waals surface area contributed by atoms with E-state index in [1.807, 2.05) is 13.1 Å². The molecule has 3 rings (SSSR count). The number of rotatable bonds is 9. The Morgan fingerprint density at radius 3 is 2.70 bits per heavy atom. The predicted molar refractivity (Wildman–Crippen MR) is 119 cm³/mol. The third kappa shape index (κ3) is 6.61. The van der Waals surface area contributed by atoms with Crippen LogP contribution in [0.4, 0.5) is 8.78 Å². The van der Waals surface area contributed by atoms with E-state index in [4.69, 9.17) is 9.47 Å². The van der Waals surface area contributed by atoms with E-state index in [9.17, 15) is 8.78 Å². The zero-order valence-electron chi connectivity index (χ0n) is 16.9. The van der Waals surface area contributed by atoms with Crippen molar-refractivity contribution in [3.8, 4) is 17.2 Å². The Hall–Kier alpha value is -2.31. The molecule has 0 aliphatic carbocycles. The number of nitrogens with zero attached hydrogens (tertiary/aromatic N) is 3. The lowest BCUT2D eigenvalue weighted by molar-refractivity contribution is -0.0505. The standard InChI is InChI=1S/C19H25F2N5O3.HI/c1-13-23-6-8-26(13)7-4-3-5-24-19(22-2)25-11-14-9-16-17(28-12-27-16)10-15(14)29-18(20)21;/h6,8-10,18H,3-5,7,11-12H2,1-2H3,(H2,22,24,25);1H.